The van der Waals surface area contributed by atoms with Gasteiger partial charge in [0, 0.05) is 26.2 Å². The van der Waals surface area contributed by atoms with E-state index < -0.39 is 5.54 Å². The molecule has 1 spiro atoms. The van der Waals surface area contributed by atoms with Crippen LogP contribution < -0.4 is 10.1 Å². The lowest BCUT2D eigenvalue weighted by Crippen LogP contribution is -2.73. The molecule has 2 saturated heterocycles. The standard InChI is InChI=1S/C30H49N3O3/c1-5-7-8-9-10-11-21-36-26-14-12-25(13-15-26)23-32-19-16-30(17-20-32)29(35)31-27(22-24(3)4)28(34)33(30)18-6-2/h12-15,24,27H,5-11,16-23H2,1-4H3,(H,31,35). The molecule has 2 amide bonds. The highest BCUT2D eigenvalue weighted by atomic mass is 16.5. The fraction of sp³-hybridized carbons (Fsp3) is 0.733. The number of hydrogen-bond acceptors (Lipinski definition) is 4. The summed E-state index contributed by atoms with van der Waals surface area (Å²) in [6.45, 7) is 12.4. The van der Waals surface area contributed by atoms with Gasteiger partial charge in [0.05, 0.1) is 6.61 Å². The summed E-state index contributed by atoms with van der Waals surface area (Å²) in [7, 11) is 0. The van der Waals surface area contributed by atoms with Crippen LogP contribution in [0.15, 0.2) is 24.3 Å². The van der Waals surface area contributed by atoms with Crippen LogP contribution in [-0.2, 0) is 16.1 Å². The number of amides is 2. The molecular weight excluding hydrogens is 450 g/mol. The summed E-state index contributed by atoms with van der Waals surface area (Å²) in [5.74, 6) is 1.46. The molecule has 2 aliphatic heterocycles. The lowest BCUT2D eigenvalue weighted by molar-refractivity contribution is -0.161. The molecule has 1 N–H and O–H groups in total. The maximum atomic E-state index is 13.3. The second kappa shape index (κ2) is 14.0. The van der Waals surface area contributed by atoms with Crippen LogP contribution in [0, 0.1) is 5.92 Å². The molecule has 0 aromatic heterocycles. The van der Waals surface area contributed by atoms with Crippen LogP contribution in [0.3, 0.4) is 0 Å². The normalized spacial score (nSPS) is 20.2. The molecule has 2 heterocycles. The first-order valence-corrected chi connectivity index (χ1v) is 14.5. The van der Waals surface area contributed by atoms with Crippen LogP contribution in [0.25, 0.3) is 0 Å². The summed E-state index contributed by atoms with van der Waals surface area (Å²) in [5.41, 5.74) is 0.565. The van der Waals surface area contributed by atoms with E-state index in [1.807, 2.05) is 4.90 Å². The van der Waals surface area contributed by atoms with Crippen LogP contribution in [-0.4, -0.2) is 59.4 Å². The quantitative estimate of drug-likeness (QED) is 0.341. The minimum absolute atomic E-state index is 0.0488. The zero-order chi connectivity index (χ0) is 26.0. The number of nitrogens with zero attached hydrogens (tertiary/aromatic N) is 2. The van der Waals surface area contributed by atoms with Gasteiger partial charge in [0.25, 0.3) is 0 Å². The molecule has 1 aromatic carbocycles. The molecule has 6 heteroatoms. The first kappa shape index (κ1) is 28.5. The maximum Gasteiger partial charge on any atom is 0.246 e. The summed E-state index contributed by atoms with van der Waals surface area (Å²) in [5, 5.41) is 3.09. The monoisotopic (exact) mass is 499 g/mol. The lowest BCUT2D eigenvalue weighted by atomic mass is 9.80. The van der Waals surface area contributed by atoms with Crippen molar-refractivity contribution in [2.24, 2.45) is 5.92 Å². The molecule has 1 atom stereocenters. The van der Waals surface area contributed by atoms with Gasteiger partial charge in [0.15, 0.2) is 0 Å². The fourth-order valence-electron chi connectivity index (χ4n) is 5.65. The second-order valence-corrected chi connectivity index (χ2v) is 11.2. The molecule has 0 radical (unpaired) electrons. The molecule has 202 valence electrons. The Balaban J connectivity index is 1.49. The molecule has 0 aliphatic carbocycles. The number of likely N-dealkylation sites (tertiary alicyclic amines) is 1. The highest BCUT2D eigenvalue weighted by molar-refractivity contribution is 6.00. The second-order valence-electron chi connectivity index (χ2n) is 11.2. The van der Waals surface area contributed by atoms with Crippen molar-refractivity contribution in [2.75, 3.05) is 26.2 Å². The van der Waals surface area contributed by atoms with Gasteiger partial charge in [0.1, 0.15) is 17.3 Å². The smallest absolute Gasteiger partial charge is 0.246 e. The number of hydrogen-bond donors (Lipinski definition) is 1. The number of unbranched alkanes of at least 4 members (excludes halogenated alkanes) is 5. The summed E-state index contributed by atoms with van der Waals surface area (Å²) < 4.78 is 5.93. The van der Waals surface area contributed by atoms with E-state index in [9.17, 15) is 9.59 Å². The predicted octanol–water partition coefficient (Wildman–Crippen LogP) is 5.54. The third-order valence-corrected chi connectivity index (χ3v) is 7.74. The van der Waals surface area contributed by atoms with Gasteiger partial charge >= 0.3 is 0 Å². The van der Waals surface area contributed by atoms with Gasteiger partial charge in [-0.05, 0) is 55.7 Å². The van der Waals surface area contributed by atoms with Gasteiger partial charge in [-0.3, -0.25) is 14.5 Å². The van der Waals surface area contributed by atoms with Crippen molar-refractivity contribution in [3.05, 3.63) is 29.8 Å². The molecule has 2 fully saturated rings. The van der Waals surface area contributed by atoms with Crippen LogP contribution in [0.4, 0.5) is 0 Å². The van der Waals surface area contributed by atoms with E-state index >= 15 is 0 Å². The Morgan fingerprint density at radius 2 is 1.64 bits per heavy atom. The van der Waals surface area contributed by atoms with Gasteiger partial charge in [-0.25, -0.2) is 0 Å². The van der Waals surface area contributed by atoms with Crippen molar-refractivity contribution in [3.8, 4) is 5.75 Å². The third kappa shape index (κ3) is 7.47. The van der Waals surface area contributed by atoms with E-state index in [-0.39, 0.29) is 17.9 Å². The first-order chi connectivity index (χ1) is 17.4. The van der Waals surface area contributed by atoms with Gasteiger partial charge in [0.2, 0.25) is 11.8 Å². The van der Waals surface area contributed by atoms with Crippen LogP contribution in [0.5, 0.6) is 5.75 Å². The molecular formula is C30H49N3O3. The molecule has 3 rings (SSSR count). The Morgan fingerprint density at radius 1 is 0.972 bits per heavy atom. The molecule has 6 nitrogen and oxygen atoms in total. The highest BCUT2D eigenvalue weighted by Crippen LogP contribution is 2.34. The number of nitrogens with one attached hydrogen (secondary N) is 1. The number of piperazine rings is 1. The minimum atomic E-state index is -0.689. The van der Waals surface area contributed by atoms with Crippen LogP contribution >= 0.6 is 0 Å². The predicted molar refractivity (Wildman–Crippen MR) is 146 cm³/mol. The van der Waals surface area contributed by atoms with Crippen molar-refractivity contribution in [1.82, 2.24) is 15.1 Å². The SMILES string of the molecule is CCCCCCCCOc1ccc(CN2CCC3(CC2)C(=O)NC(CC(C)C)C(=O)N3CCC)cc1. The van der Waals surface area contributed by atoms with E-state index in [1.54, 1.807) is 0 Å². The summed E-state index contributed by atoms with van der Waals surface area (Å²) in [6, 6.07) is 8.07. The number of benzene rings is 1. The van der Waals surface area contributed by atoms with Crippen molar-refractivity contribution < 1.29 is 14.3 Å². The van der Waals surface area contributed by atoms with Crippen molar-refractivity contribution in [2.45, 2.75) is 110 Å². The number of rotatable bonds is 14. The largest absolute Gasteiger partial charge is 0.494 e. The number of carbonyl (C=O) groups is 2. The molecule has 0 saturated carbocycles. The number of ether oxygens (including phenoxy) is 1. The molecule has 1 unspecified atom stereocenters. The maximum absolute atomic E-state index is 13.3. The Labute approximate surface area is 219 Å². The van der Waals surface area contributed by atoms with Crippen molar-refractivity contribution in [3.63, 3.8) is 0 Å². The van der Waals surface area contributed by atoms with E-state index in [0.29, 0.717) is 31.7 Å². The molecule has 36 heavy (non-hydrogen) atoms. The average molecular weight is 500 g/mol. The fourth-order valence-corrected chi connectivity index (χ4v) is 5.65. The third-order valence-electron chi connectivity index (χ3n) is 7.74. The first-order valence-electron chi connectivity index (χ1n) is 14.5. The molecule has 2 aliphatic rings. The summed E-state index contributed by atoms with van der Waals surface area (Å²) in [6.07, 6.45) is 10.6. The van der Waals surface area contributed by atoms with Gasteiger partial charge in [-0.2, -0.15) is 0 Å². The van der Waals surface area contributed by atoms with Crippen LogP contribution in [0.2, 0.25) is 0 Å². The van der Waals surface area contributed by atoms with Crippen molar-refractivity contribution in [1.29, 1.82) is 0 Å². The van der Waals surface area contributed by atoms with E-state index in [1.165, 1.54) is 37.7 Å². The minimum Gasteiger partial charge on any atom is -0.494 e. The zero-order valence-corrected chi connectivity index (χ0v) is 23.2. The Bertz CT molecular complexity index is 815. The Hall–Kier alpha value is -2.08. The van der Waals surface area contributed by atoms with E-state index in [0.717, 1.165) is 44.8 Å². The molecule has 0 bridgehead atoms. The Kier molecular flexibility index (Phi) is 11.1. The van der Waals surface area contributed by atoms with E-state index in [2.05, 4.69) is 62.2 Å². The summed E-state index contributed by atoms with van der Waals surface area (Å²) >= 11 is 0. The van der Waals surface area contributed by atoms with Gasteiger partial charge in [-0.15, -0.1) is 0 Å². The van der Waals surface area contributed by atoms with Crippen LogP contribution in [0.1, 0.15) is 97.5 Å². The number of carbonyl (C=O) groups excluding carboxylic acids is 2. The van der Waals surface area contributed by atoms with E-state index in [4.69, 9.17) is 4.74 Å². The average Bonchev–Trinajstić information content (AvgIpc) is 2.86. The Morgan fingerprint density at radius 3 is 2.28 bits per heavy atom. The summed E-state index contributed by atoms with van der Waals surface area (Å²) in [4.78, 5) is 31.0. The lowest BCUT2D eigenvalue weighted by Gasteiger charge is -2.52. The topological polar surface area (TPSA) is 61.9 Å². The van der Waals surface area contributed by atoms with Gasteiger partial charge < -0.3 is 15.0 Å². The number of piperidine rings is 1. The van der Waals surface area contributed by atoms with Crippen molar-refractivity contribution >= 4 is 11.8 Å². The molecule has 1 aromatic rings. The highest BCUT2D eigenvalue weighted by Gasteiger charge is 2.53. The zero-order valence-electron chi connectivity index (χ0n) is 23.2. The van der Waals surface area contributed by atoms with Gasteiger partial charge in [-0.1, -0.05) is 71.9 Å².